The summed E-state index contributed by atoms with van der Waals surface area (Å²) in [6.07, 6.45) is 0.666. The van der Waals surface area contributed by atoms with E-state index in [0.717, 1.165) is 22.0 Å². The number of nitrogens with zero attached hydrogens (tertiary/aromatic N) is 3. The van der Waals surface area contributed by atoms with Crippen LogP contribution < -0.4 is 0 Å². The third-order valence-corrected chi connectivity index (χ3v) is 7.67. The molecule has 34 heavy (non-hydrogen) atoms. The molecule has 0 saturated carbocycles. The van der Waals surface area contributed by atoms with E-state index in [1.54, 1.807) is 0 Å². The minimum Gasteiger partial charge on any atom is -0.507 e. The number of likely N-dealkylation sites (tertiary alicyclic amines) is 1. The molecule has 1 fully saturated rings. The number of hydrogen-bond acceptors (Lipinski definition) is 6. The van der Waals surface area contributed by atoms with Crippen LogP contribution in [-0.2, 0) is 19.6 Å². The maximum atomic E-state index is 13.1. The zero-order chi connectivity index (χ0) is 25.2. The molecule has 1 aliphatic heterocycles. The van der Waals surface area contributed by atoms with Gasteiger partial charge < -0.3 is 14.9 Å². The summed E-state index contributed by atoms with van der Waals surface area (Å²) in [5, 5.41) is 11.1. The minimum atomic E-state index is -3.64. The number of amides is 1. The lowest BCUT2D eigenvalue weighted by Gasteiger charge is -2.26. The van der Waals surface area contributed by atoms with Gasteiger partial charge in [-0.25, -0.2) is 12.7 Å². The number of ketones is 1. The second-order valence-electron chi connectivity index (χ2n) is 8.87. The van der Waals surface area contributed by atoms with Crippen molar-refractivity contribution in [2.24, 2.45) is 0 Å². The zero-order valence-corrected chi connectivity index (χ0v) is 21.0. The Morgan fingerprint density at radius 1 is 0.971 bits per heavy atom. The van der Waals surface area contributed by atoms with E-state index < -0.39 is 27.8 Å². The van der Waals surface area contributed by atoms with Gasteiger partial charge in [-0.2, -0.15) is 0 Å². The van der Waals surface area contributed by atoms with Crippen LogP contribution in [0, 0.1) is 6.92 Å². The van der Waals surface area contributed by atoms with Gasteiger partial charge >= 0.3 is 0 Å². The molecule has 2 aromatic carbocycles. The molecular weight excluding hydrogens is 454 g/mol. The molecule has 0 bridgehead atoms. The summed E-state index contributed by atoms with van der Waals surface area (Å²) in [6, 6.07) is 12.4. The summed E-state index contributed by atoms with van der Waals surface area (Å²) in [5.41, 5.74) is 2.03. The molecule has 0 radical (unpaired) electrons. The van der Waals surface area contributed by atoms with Crippen LogP contribution in [0.15, 0.2) is 59.0 Å². The number of benzene rings is 2. The predicted octanol–water partition coefficient (Wildman–Crippen LogP) is 2.62. The summed E-state index contributed by atoms with van der Waals surface area (Å²) in [7, 11) is 3.10. The molecule has 1 atom stereocenters. The van der Waals surface area contributed by atoms with Crippen molar-refractivity contribution in [3.8, 4) is 0 Å². The minimum absolute atomic E-state index is 0.00178. The molecule has 9 heteroatoms. The third kappa shape index (κ3) is 5.06. The average Bonchev–Trinajstić information content (AvgIpc) is 3.04. The van der Waals surface area contributed by atoms with Crippen molar-refractivity contribution in [2.45, 2.75) is 24.3 Å². The topological polar surface area (TPSA) is 98.2 Å². The smallest absolute Gasteiger partial charge is 0.295 e. The Bertz CT molecular complexity index is 1200. The highest BCUT2D eigenvalue weighted by atomic mass is 32.2. The predicted molar refractivity (Wildman–Crippen MR) is 131 cm³/mol. The van der Waals surface area contributed by atoms with Crippen LogP contribution in [0.4, 0.5) is 0 Å². The molecule has 8 nitrogen and oxygen atoms in total. The van der Waals surface area contributed by atoms with Crippen molar-refractivity contribution in [3.05, 3.63) is 70.8 Å². The van der Waals surface area contributed by atoms with Crippen molar-refractivity contribution in [1.29, 1.82) is 0 Å². The van der Waals surface area contributed by atoms with Gasteiger partial charge in [0.1, 0.15) is 5.76 Å². The zero-order valence-electron chi connectivity index (χ0n) is 20.1. The number of carbonyl (C=O) groups excluding carboxylic acids is 2. The fourth-order valence-electron chi connectivity index (χ4n) is 3.91. The normalized spacial score (nSPS) is 18.3. The Balaban J connectivity index is 2.08. The molecule has 0 aliphatic carbocycles. The Kier molecular flexibility index (Phi) is 7.60. The monoisotopic (exact) mass is 485 g/mol. The summed E-state index contributed by atoms with van der Waals surface area (Å²) in [4.78, 5) is 29.6. The Hall–Kier alpha value is -3.01. The number of aliphatic hydroxyl groups excluding tert-OH is 1. The Morgan fingerprint density at radius 3 is 2.09 bits per heavy atom. The highest BCUT2D eigenvalue weighted by molar-refractivity contribution is 7.89. The van der Waals surface area contributed by atoms with E-state index in [4.69, 9.17) is 0 Å². The van der Waals surface area contributed by atoms with E-state index in [9.17, 15) is 23.1 Å². The molecule has 0 aromatic heterocycles. The number of aliphatic hydroxyl groups is 1. The van der Waals surface area contributed by atoms with E-state index in [2.05, 4.69) is 0 Å². The van der Waals surface area contributed by atoms with Gasteiger partial charge in [0.05, 0.1) is 16.5 Å². The van der Waals surface area contributed by atoms with Crippen molar-refractivity contribution < 1.29 is 23.1 Å². The molecule has 1 N–H and O–H groups in total. The molecule has 182 valence electrons. The standard InChI is InChI=1S/C25H31N3O5S/c1-17-7-9-18(10-8-17)22-21(24(30)25(31)28(22)16-6-15-26(2)3)23(29)19-11-13-20(14-12-19)34(32,33)27(4)5/h7-14,22,29H,6,15-16H2,1-5H3/b23-21+/t22-/m0/s1. The molecule has 0 spiro atoms. The van der Waals surface area contributed by atoms with Crippen LogP contribution in [0.2, 0.25) is 0 Å². The first kappa shape index (κ1) is 25.6. The maximum Gasteiger partial charge on any atom is 0.295 e. The van der Waals surface area contributed by atoms with Crippen molar-refractivity contribution in [1.82, 2.24) is 14.1 Å². The molecule has 2 aromatic rings. The van der Waals surface area contributed by atoms with Gasteiger partial charge in [0.2, 0.25) is 10.0 Å². The van der Waals surface area contributed by atoms with E-state index in [-0.39, 0.29) is 21.8 Å². The van der Waals surface area contributed by atoms with Crippen LogP contribution in [0.5, 0.6) is 0 Å². The van der Waals surface area contributed by atoms with Gasteiger partial charge in [0.15, 0.2) is 0 Å². The summed E-state index contributed by atoms with van der Waals surface area (Å²) in [6.45, 7) is 3.05. The second kappa shape index (κ2) is 10.1. The quantitative estimate of drug-likeness (QED) is 0.351. The highest BCUT2D eigenvalue weighted by Crippen LogP contribution is 2.39. The fraction of sp³-hybridized carbons (Fsp3) is 0.360. The van der Waals surface area contributed by atoms with E-state index in [1.807, 2.05) is 50.2 Å². The van der Waals surface area contributed by atoms with Gasteiger partial charge in [-0.3, -0.25) is 9.59 Å². The lowest BCUT2D eigenvalue weighted by molar-refractivity contribution is -0.139. The Morgan fingerprint density at radius 2 is 1.56 bits per heavy atom. The third-order valence-electron chi connectivity index (χ3n) is 5.84. The lowest BCUT2D eigenvalue weighted by atomic mass is 9.94. The van der Waals surface area contributed by atoms with E-state index in [1.165, 1.54) is 43.3 Å². The number of rotatable bonds is 8. The first-order chi connectivity index (χ1) is 15.9. The average molecular weight is 486 g/mol. The Labute approximate surface area is 201 Å². The van der Waals surface area contributed by atoms with Gasteiger partial charge in [-0.1, -0.05) is 29.8 Å². The number of Topliss-reactive ketones (excluding diaryl/α,β-unsaturated/α-hetero) is 1. The lowest BCUT2D eigenvalue weighted by Crippen LogP contribution is -2.32. The van der Waals surface area contributed by atoms with Crippen LogP contribution in [0.1, 0.15) is 29.2 Å². The summed E-state index contributed by atoms with van der Waals surface area (Å²) < 4.78 is 25.8. The fourth-order valence-corrected chi connectivity index (χ4v) is 4.82. The number of aryl methyl sites for hydroxylation is 1. The second-order valence-corrected chi connectivity index (χ2v) is 11.0. The van der Waals surface area contributed by atoms with Gasteiger partial charge in [-0.05, 0) is 63.8 Å². The molecular formula is C25H31N3O5S. The largest absolute Gasteiger partial charge is 0.507 e. The molecule has 1 heterocycles. The van der Waals surface area contributed by atoms with Crippen molar-refractivity contribution >= 4 is 27.5 Å². The van der Waals surface area contributed by atoms with E-state index >= 15 is 0 Å². The number of carbonyl (C=O) groups is 2. The number of hydrogen-bond donors (Lipinski definition) is 1. The van der Waals surface area contributed by atoms with Gasteiger partial charge in [0, 0.05) is 26.2 Å². The van der Waals surface area contributed by atoms with Crippen LogP contribution in [0.3, 0.4) is 0 Å². The summed E-state index contributed by atoms with van der Waals surface area (Å²) >= 11 is 0. The first-order valence-corrected chi connectivity index (χ1v) is 12.4. The summed E-state index contributed by atoms with van der Waals surface area (Å²) in [5.74, 6) is -1.73. The van der Waals surface area contributed by atoms with Gasteiger partial charge in [0.25, 0.3) is 11.7 Å². The van der Waals surface area contributed by atoms with Crippen LogP contribution in [0.25, 0.3) is 5.76 Å². The van der Waals surface area contributed by atoms with Crippen LogP contribution in [-0.4, -0.2) is 80.6 Å². The van der Waals surface area contributed by atoms with Crippen molar-refractivity contribution in [2.75, 3.05) is 41.3 Å². The van der Waals surface area contributed by atoms with Crippen molar-refractivity contribution in [3.63, 3.8) is 0 Å². The molecule has 3 rings (SSSR count). The van der Waals surface area contributed by atoms with Gasteiger partial charge in [-0.15, -0.1) is 0 Å². The van der Waals surface area contributed by atoms with E-state index in [0.29, 0.717) is 13.0 Å². The molecule has 0 unspecified atom stereocenters. The molecule has 1 amide bonds. The molecule has 1 saturated heterocycles. The first-order valence-electron chi connectivity index (χ1n) is 11.0. The maximum absolute atomic E-state index is 13.1. The highest BCUT2D eigenvalue weighted by Gasteiger charge is 2.45. The SMILES string of the molecule is Cc1ccc([C@H]2/C(=C(\O)c3ccc(S(=O)(=O)N(C)C)cc3)C(=O)C(=O)N2CCCN(C)C)cc1. The number of sulfonamides is 1. The molecule has 1 aliphatic rings. The van der Waals surface area contributed by atoms with Crippen LogP contribution >= 0.6 is 0 Å².